The number of amides is 1. The first-order valence-corrected chi connectivity index (χ1v) is 5.45. The van der Waals surface area contributed by atoms with Gasteiger partial charge in [0.25, 0.3) is 0 Å². The van der Waals surface area contributed by atoms with Crippen LogP contribution >= 0.6 is 11.6 Å². The highest BCUT2D eigenvalue weighted by atomic mass is 35.5. The molecular formula is C10H12ClN3O3. The fourth-order valence-corrected chi connectivity index (χ4v) is 1.91. The zero-order valence-corrected chi connectivity index (χ0v) is 10.2. The van der Waals surface area contributed by atoms with E-state index in [0.717, 1.165) is 5.56 Å². The normalized spacial score (nSPS) is 14.7. The summed E-state index contributed by atoms with van der Waals surface area (Å²) in [5, 5.41) is 2.98. The van der Waals surface area contributed by atoms with Crippen LogP contribution in [0.3, 0.4) is 0 Å². The number of aromatic nitrogens is 2. The molecule has 0 aromatic carbocycles. The molecule has 0 bridgehead atoms. The lowest BCUT2D eigenvalue weighted by Gasteiger charge is -2.19. The van der Waals surface area contributed by atoms with Gasteiger partial charge in [0.05, 0.1) is 0 Å². The van der Waals surface area contributed by atoms with E-state index in [2.05, 4.69) is 15.3 Å². The highest BCUT2D eigenvalue weighted by Crippen LogP contribution is 2.28. The molecule has 0 unspecified atom stereocenters. The van der Waals surface area contributed by atoms with E-state index in [1.807, 2.05) is 0 Å². The molecule has 0 fully saturated rings. The van der Waals surface area contributed by atoms with Gasteiger partial charge in [-0.05, 0) is 6.42 Å². The van der Waals surface area contributed by atoms with Crippen LogP contribution in [0.15, 0.2) is 0 Å². The summed E-state index contributed by atoms with van der Waals surface area (Å²) in [6.45, 7) is 0. The maximum absolute atomic E-state index is 11.3. The summed E-state index contributed by atoms with van der Waals surface area (Å²) < 4.78 is 10.1. The third kappa shape index (κ3) is 2.38. The van der Waals surface area contributed by atoms with E-state index >= 15 is 0 Å². The van der Waals surface area contributed by atoms with Gasteiger partial charge in [-0.2, -0.15) is 0 Å². The van der Waals surface area contributed by atoms with Crippen molar-refractivity contribution in [3.63, 3.8) is 0 Å². The van der Waals surface area contributed by atoms with Crippen molar-refractivity contribution in [1.29, 1.82) is 0 Å². The molecule has 0 saturated carbocycles. The number of hydrogen-bond acceptors (Lipinski definition) is 5. The van der Waals surface area contributed by atoms with Crippen molar-refractivity contribution in [3.05, 3.63) is 16.5 Å². The number of halogens is 1. The van der Waals surface area contributed by atoms with Gasteiger partial charge in [0.15, 0.2) is 5.82 Å². The Bertz CT molecular complexity index is 449. The minimum absolute atomic E-state index is 0.0791. The molecule has 17 heavy (non-hydrogen) atoms. The number of carbonyl (C=O) groups excluding carboxylic acids is 1. The van der Waals surface area contributed by atoms with Crippen molar-refractivity contribution in [1.82, 2.24) is 9.97 Å². The molecule has 0 atom stereocenters. The first kappa shape index (κ1) is 12.2. The monoisotopic (exact) mass is 257 g/mol. The van der Waals surface area contributed by atoms with Gasteiger partial charge in [0, 0.05) is 26.2 Å². The quantitative estimate of drug-likeness (QED) is 0.653. The average molecular weight is 258 g/mol. The summed E-state index contributed by atoms with van der Waals surface area (Å²) in [4.78, 5) is 19.6. The zero-order chi connectivity index (χ0) is 12.4. The van der Waals surface area contributed by atoms with Crippen LogP contribution in [0.25, 0.3) is 0 Å². The molecule has 1 aliphatic rings. The molecule has 1 aliphatic heterocycles. The highest BCUT2D eigenvalue weighted by Gasteiger charge is 2.23. The Morgan fingerprint density at radius 2 is 2.00 bits per heavy atom. The van der Waals surface area contributed by atoms with Crippen molar-refractivity contribution in [2.24, 2.45) is 0 Å². The van der Waals surface area contributed by atoms with Gasteiger partial charge in [-0.25, -0.2) is 9.97 Å². The van der Waals surface area contributed by atoms with E-state index in [1.165, 1.54) is 14.2 Å². The molecule has 0 aliphatic carbocycles. The van der Waals surface area contributed by atoms with Gasteiger partial charge < -0.3 is 14.8 Å². The summed E-state index contributed by atoms with van der Waals surface area (Å²) in [5.74, 6) is 0.654. The van der Waals surface area contributed by atoms with E-state index < -0.39 is 6.29 Å². The van der Waals surface area contributed by atoms with Gasteiger partial charge in [-0.3, -0.25) is 4.79 Å². The van der Waals surface area contributed by atoms with E-state index in [-0.39, 0.29) is 5.91 Å². The molecule has 1 N–H and O–H groups in total. The van der Waals surface area contributed by atoms with Gasteiger partial charge >= 0.3 is 0 Å². The Balaban J connectivity index is 2.41. The van der Waals surface area contributed by atoms with E-state index in [9.17, 15) is 4.79 Å². The van der Waals surface area contributed by atoms with Crippen molar-refractivity contribution < 1.29 is 14.3 Å². The Morgan fingerprint density at radius 1 is 1.29 bits per heavy atom. The van der Waals surface area contributed by atoms with Crippen LogP contribution in [0.2, 0.25) is 5.15 Å². The van der Waals surface area contributed by atoms with Gasteiger partial charge in [-0.1, -0.05) is 11.6 Å². The smallest absolute Gasteiger partial charge is 0.225 e. The minimum Gasteiger partial charge on any atom is -0.349 e. The van der Waals surface area contributed by atoms with E-state index in [1.54, 1.807) is 0 Å². The predicted octanol–water partition coefficient (Wildman–Crippen LogP) is 1.31. The second-order valence-electron chi connectivity index (χ2n) is 3.55. The van der Waals surface area contributed by atoms with Crippen LogP contribution in [-0.4, -0.2) is 30.1 Å². The average Bonchev–Trinajstić information content (AvgIpc) is 2.30. The molecule has 0 spiro atoms. The summed E-state index contributed by atoms with van der Waals surface area (Å²) in [6, 6.07) is 0. The van der Waals surface area contributed by atoms with Gasteiger partial charge in [0.1, 0.15) is 11.0 Å². The van der Waals surface area contributed by atoms with Crippen LogP contribution in [0, 0.1) is 0 Å². The molecule has 1 aromatic rings. The largest absolute Gasteiger partial charge is 0.349 e. The zero-order valence-electron chi connectivity index (χ0n) is 9.49. The standard InChI is InChI=1S/C10H12ClN3O3/c1-16-10(17-2)9-13-7(11)5-3-4-6(15)12-8(5)14-9/h10H,3-4H2,1-2H3,(H,12,13,14,15). The van der Waals surface area contributed by atoms with Gasteiger partial charge in [0.2, 0.25) is 12.2 Å². The van der Waals surface area contributed by atoms with Gasteiger partial charge in [-0.15, -0.1) is 0 Å². The number of carbonyl (C=O) groups is 1. The first-order valence-electron chi connectivity index (χ1n) is 5.07. The summed E-state index contributed by atoms with van der Waals surface area (Å²) in [7, 11) is 2.95. The van der Waals surface area contributed by atoms with E-state index in [0.29, 0.717) is 29.6 Å². The van der Waals surface area contributed by atoms with Crippen LogP contribution in [0.5, 0.6) is 0 Å². The summed E-state index contributed by atoms with van der Waals surface area (Å²) >= 11 is 6.04. The Morgan fingerprint density at radius 3 is 2.65 bits per heavy atom. The number of rotatable bonds is 3. The highest BCUT2D eigenvalue weighted by molar-refractivity contribution is 6.30. The Kier molecular flexibility index (Phi) is 3.56. The molecular weight excluding hydrogens is 246 g/mol. The Labute approximate surface area is 103 Å². The number of methoxy groups -OCH3 is 2. The van der Waals surface area contributed by atoms with E-state index in [4.69, 9.17) is 21.1 Å². The van der Waals surface area contributed by atoms with Crippen molar-refractivity contribution in [2.45, 2.75) is 19.1 Å². The summed E-state index contributed by atoms with van der Waals surface area (Å²) in [5.41, 5.74) is 0.751. The van der Waals surface area contributed by atoms with Crippen LogP contribution < -0.4 is 5.32 Å². The number of nitrogens with one attached hydrogen (secondary N) is 1. The fourth-order valence-electron chi connectivity index (χ4n) is 1.64. The second kappa shape index (κ2) is 4.95. The molecule has 0 radical (unpaired) electrons. The molecule has 1 aromatic heterocycles. The number of nitrogens with zero attached hydrogens (tertiary/aromatic N) is 2. The molecule has 2 heterocycles. The third-order valence-corrected chi connectivity index (χ3v) is 2.79. The lowest BCUT2D eigenvalue weighted by molar-refractivity contribution is -0.116. The molecule has 1 amide bonds. The minimum atomic E-state index is -0.698. The third-order valence-electron chi connectivity index (χ3n) is 2.47. The van der Waals surface area contributed by atoms with Crippen LogP contribution in [0.4, 0.5) is 5.82 Å². The molecule has 0 saturated heterocycles. The fraction of sp³-hybridized carbons (Fsp3) is 0.500. The lowest BCUT2D eigenvalue weighted by atomic mass is 10.1. The Hall–Kier alpha value is -1.24. The lowest BCUT2D eigenvalue weighted by Crippen LogP contribution is -2.22. The molecule has 7 heteroatoms. The first-order chi connectivity index (χ1) is 8.15. The van der Waals surface area contributed by atoms with Crippen molar-refractivity contribution in [2.75, 3.05) is 19.5 Å². The second-order valence-corrected chi connectivity index (χ2v) is 3.91. The number of ether oxygens (including phenoxy) is 2. The van der Waals surface area contributed by atoms with Crippen LogP contribution in [0.1, 0.15) is 24.1 Å². The molecule has 6 nitrogen and oxygen atoms in total. The SMILES string of the molecule is COC(OC)c1nc(Cl)c2c(n1)NC(=O)CC2. The maximum Gasteiger partial charge on any atom is 0.225 e. The molecule has 92 valence electrons. The summed E-state index contributed by atoms with van der Waals surface area (Å²) in [6.07, 6.45) is 0.245. The number of fused-ring (bicyclic) bond motifs is 1. The van der Waals surface area contributed by atoms with Crippen molar-refractivity contribution in [3.8, 4) is 0 Å². The topological polar surface area (TPSA) is 73.3 Å². The molecule has 2 rings (SSSR count). The van der Waals surface area contributed by atoms with Crippen LogP contribution in [-0.2, 0) is 20.7 Å². The van der Waals surface area contributed by atoms with Crippen molar-refractivity contribution >= 4 is 23.3 Å². The maximum atomic E-state index is 11.3. The number of anilines is 1. The number of hydrogen-bond donors (Lipinski definition) is 1. The predicted molar refractivity (Wildman–Crippen MR) is 60.8 cm³/mol.